The molecular weight excluding hydrogens is 797 g/mol. The number of ether oxygens (including phenoxy) is 10. The quantitative estimate of drug-likeness (QED) is 0.263. The summed E-state index contributed by atoms with van der Waals surface area (Å²) in [6.07, 6.45) is 15.5. The second-order valence-corrected chi connectivity index (χ2v) is 21.3. The maximum Gasteiger partial charge on any atom is 0.308 e. The SMILES string of the molecule is C=C(CO)CC1CC(O)C2OC3CC4(C)OC5C=CCC6OC7C(C)CC8OC9(C)CC(C)CC%10OC(=O)CC%10OC9CC8OC7CC=CCC6OC5CCCC4OC3CC2O1. The van der Waals surface area contributed by atoms with Gasteiger partial charge in [0.2, 0.25) is 0 Å². The lowest BCUT2D eigenvalue weighted by Crippen LogP contribution is -2.65. The number of aliphatic hydroxyl groups excluding tert-OH is 2. The lowest BCUT2D eigenvalue weighted by Gasteiger charge is -2.55. The van der Waals surface area contributed by atoms with Crippen molar-refractivity contribution < 1.29 is 62.4 Å². The van der Waals surface area contributed by atoms with E-state index in [9.17, 15) is 15.0 Å². The molecule has 10 aliphatic heterocycles. The summed E-state index contributed by atoms with van der Waals surface area (Å²) in [5.41, 5.74) is -0.388. The van der Waals surface area contributed by atoms with Crippen molar-refractivity contribution in [2.24, 2.45) is 11.8 Å². The zero-order chi connectivity index (χ0) is 42.9. The molecule has 13 heteroatoms. The first-order valence-electron chi connectivity index (χ1n) is 24.2. The van der Waals surface area contributed by atoms with E-state index in [1.54, 1.807) is 0 Å². The lowest BCUT2D eigenvalue weighted by molar-refractivity contribution is -0.316. The highest BCUT2D eigenvalue weighted by atomic mass is 16.6. The first kappa shape index (κ1) is 44.1. The highest BCUT2D eigenvalue weighted by Crippen LogP contribution is 2.48. The third-order valence-corrected chi connectivity index (χ3v) is 16.3. The van der Waals surface area contributed by atoms with Gasteiger partial charge in [-0.3, -0.25) is 4.79 Å². The van der Waals surface area contributed by atoms with Crippen molar-refractivity contribution in [1.29, 1.82) is 0 Å². The van der Waals surface area contributed by atoms with Crippen molar-refractivity contribution >= 4 is 5.97 Å². The molecule has 0 aromatic rings. The standard InChI is InChI=1S/C49H72O13/c1-26-17-36-39(22-45(52)58-36)57-44-21-38-40(62-48(44,4)23-26)18-28(3)46-35(55-38)11-7-6-10-31-32(59-46)12-8-14-34-33(54-31)13-9-15-43-49(5,61-34)24-42-37(56-43)20-41-47(60-42)30(51)19-29(53-41)16-27(2)25-50/h6-8,14,26,28-44,46-47,50-51H,2,9-13,15-25H2,1,3-5H3. The van der Waals surface area contributed by atoms with Gasteiger partial charge in [-0.05, 0) is 95.5 Å². The number of rotatable bonds is 3. The van der Waals surface area contributed by atoms with Crippen molar-refractivity contribution in [3.63, 3.8) is 0 Å². The summed E-state index contributed by atoms with van der Waals surface area (Å²) < 4.78 is 68.2. The number of hydrogen-bond acceptors (Lipinski definition) is 13. The van der Waals surface area contributed by atoms with Crippen LogP contribution in [0.25, 0.3) is 0 Å². The predicted molar refractivity (Wildman–Crippen MR) is 225 cm³/mol. The van der Waals surface area contributed by atoms with Gasteiger partial charge in [0.1, 0.15) is 24.4 Å². The van der Waals surface area contributed by atoms with E-state index in [0.717, 1.165) is 51.4 Å². The molecule has 8 fully saturated rings. The first-order valence-corrected chi connectivity index (χ1v) is 24.2. The van der Waals surface area contributed by atoms with Crippen molar-refractivity contribution in [3.8, 4) is 0 Å². The Hall–Kier alpha value is -1.75. The molecule has 0 aromatic heterocycles. The van der Waals surface area contributed by atoms with Gasteiger partial charge in [-0.1, -0.05) is 44.7 Å². The summed E-state index contributed by atoms with van der Waals surface area (Å²) in [5.74, 6) is 0.344. The van der Waals surface area contributed by atoms with Crippen molar-refractivity contribution in [1.82, 2.24) is 0 Å². The molecule has 0 radical (unpaired) electrons. The molecule has 0 spiro atoms. The molecule has 2 N–H and O–H groups in total. The molecule has 0 saturated carbocycles. The largest absolute Gasteiger partial charge is 0.459 e. The fourth-order valence-electron chi connectivity index (χ4n) is 13.2. The molecule has 10 aliphatic rings. The van der Waals surface area contributed by atoms with Crippen LogP contribution in [0.4, 0.5) is 0 Å². The van der Waals surface area contributed by atoms with Crippen LogP contribution in [0.15, 0.2) is 36.5 Å². The van der Waals surface area contributed by atoms with Gasteiger partial charge in [0.15, 0.2) is 0 Å². The maximum absolute atomic E-state index is 12.3. The lowest BCUT2D eigenvalue weighted by atomic mass is 9.78. The molecule has 22 unspecified atom stereocenters. The average Bonchev–Trinajstić information content (AvgIpc) is 3.52. The molecule has 346 valence electrons. The highest BCUT2D eigenvalue weighted by molar-refractivity contribution is 5.72. The zero-order valence-electron chi connectivity index (χ0n) is 37.3. The monoisotopic (exact) mass is 868 g/mol. The number of esters is 1. The van der Waals surface area contributed by atoms with E-state index in [4.69, 9.17) is 47.4 Å². The fraction of sp³-hybridized carbons (Fsp3) is 0.857. The number of aliphatic hydroxyl groups is 2. The number of hydrogen-bond donors (Lipinski definition) is 2. The van der Waals surface area contributed by atoms with Crippen LogP contribution in [-0.4, -0.2) is 144 Å². The van der Waals surface area contributed by atoms with E-state index >= 15 is 0 Å². The third-order valence-electron chi connectivity index (χ3n) is 16.3. The predicted octanol–water partition coefficient (Wildman–Crippen LogP) is 5.74. The van der Waals surface area contributed by atoms with E-state index in [1.165, 1.54) is 0 Å². The van der Waals surface area contributed by atoms with Gasteiger partial charge < -0.3 is 57.6 Å². The molecule has 0 amide bonds. The summed E-state index contributed by atoms with van der Waals surface area (Å²) >= 11 is 0. The van der Waals surface area contributed by atoms with Gasteiger partial charge in [0.25, 0.3) is 0 Å². The topological polar surface area (TPSA) is 150 Å². The Morgan fingerprint density at radius 1 is 0.677 bits per heavy atom. The molecule has 22 atom stereocenters. The minimum absolute atomic E-state index is 0.0831. The molecule has 0 bridgehead atoms. The molecule has 0 aliphatic carbocycles. The van der Waals surface area contributed by atoms with E-state index in [-0.39, 0.29) is 116 Å². The Labute approximate surface area is 367 Å². The first-order chi connectivity index (χ1) is 29.8. The van der Waals surface area contributed by atoms with Gasteiger partial charge in [0, 0.05) is 25.7 Å². The second kappa shape index (κ2) is 17.8. The maximum atomic E-state index is 12.3. The zero-order valence-corrected chi connectivity index (χ0v) is 37.3. The fourth-order valence-corrected chi connectivity index (χ4v) is 13.2. The minimum Gasteiger partial charge on any atom is -0.459 e. The second-order valence-electron chi connectivity index (χ2n) is 21.3. The van der Waals surface area contributed by atoms with Crippen molar-refractivity contribution in [2.45, 2.75) is 245 Å². The molecule has 13 nitrogen and oxygen atoms in total. The third kappa shape index (κ3) is 8.81. The Morgan fingerprint density at radius 2 is 1.40 bits per heavy atom. The molecule has 10 rings (SSSR count). The molecule has 8 saturated heterocycles. The van der Waals surface area contributed by atoms with Crippen LogP contribution in [0.1, 0.15) is 124 Å². The van der Waals surface area contributed by atoms with Crippen LogP contribution in [0, 0.1) is 11.8 Å². The highest BCUT2D eigenvalue weighted by Gasteiger charge is 2.57. The molecule has 0 aromatic carbocycles. The van der Waals surface area contributed by atoms with Gasteiger partial charge in [-0.25, -0.2) is 0 Å². The van der Waals surface area contributed by atoms with Crippen LogP contribution in [0.3, 0.4) is 0 Å². The van der Waals surface area contributed by atoms with Crippen LogP contribution in [-0.2, 0) is 52.2 Å². The Morgan fingerprint density at radius 3 is 2.24 bits per heavy atom. The Balaban J connectivity index is 0.816. The Bertz CT molecular complexity index is 1690. The van der Waals surface area contributed by atoms with E-state index in [2.05, 4.69) is 58.6 Å². The average molecular weight is 869 g/mol. The minimum atomic E-state index is -0.663. The van der Waals surface area contributed by atoms with E-state index < -0.39 is 23.4 Å². The number of carbonyl (C=O) groups excluding carboxylic acids is 1. The summed E-state index contributed by atoms with van der Waals surface area (Å²) in [6, 6.07) is 0. The number of carbonyl (C=O) groups is 1. The summed E-state index contributed by atoms with van der Waals surface area (Å²) in [5, 5.41) is 20.7. The molecular formula is C49H72O13. The molecule has 62 heavy (non-hydrogen) atoms. The van der Waals surface area contributed by atoms with Crippen LogP contribution in [0.2, 0.25) is 0 Å². The van der Waals surface area contributed by atoms with Gasteiger partial charge in [-0.15, -0.1) is 0 Å². The van der Waals surface area contributed by atoms with Crippen LogP contribution < -0.4 is 0 Å². The molecule has 10 heterocycles. The van der Waals surface area contributed by atoms with Crippen molar-refractivity contribution in [2.75, 3.05) is 6.61 Å². The van der Waals surface area contributed by atoms with Gasteiger partial charge in [-0.2, -0.15) is 0 Å². The van der Waals surface area contributed by atoms with E-state index in [0.29, 0.717) is 56.4 Å². The summed E-state index contributed by atoms with van der Waals surface area (Å²) in [4.78, 5) is 12.3. The van der Waals surface area contributed by atoms with Crippen LogP contribution >= 0.6 is 0 Å². The Kier molecular flexibility index (Phi) is 12.7. The summed E-state index contributed by atoms with van der Waals surface area (Å²) in [7, 11) is 0. The smallest absolute Gasteiger partial charge is 0.308 e. The van der Waals surface area contributed by atoms with Gasteiger partial charge in [0.05, 0.1) is 110 Å². The van der Waals surface area contributed by atoms with Gasteiger partial charge >= 0.3 is 5.97 Å². The normalized spacial score (nSPS) is 52.8. The van der Waals surface area contributed by atoms with Crippen molar-refractivity contribution in [3.05, 3.63) is 36.5 Å². The van der Waals surface area contributed by atoms with E-state index in [1.807, 2.05) is 0 Å². The van der Waals surface area contributed by atoms with Crippen LogP contribution in [0.5, 0.6) is 0 Å². The summed E-state index contributed by atoms with van der Waals surface area (Å²) in [6.45, 7) is 12.7. The number of fused-ring (bicyclic) bond motifs is 9.